The SMILES string of the molecule is CCC(=O)[C@H]1CN(S(C)(=O)=O)[C@@H]2CCN(C(=O)C(CCCCC(NC(=O)[C@H](C)NC)C(=O)N3CC[C@@H]4[C@H]3[C@@H](C(=O)Nc3ccccc3)CN4S(C)(=O)=O)NC(=O)[C@H](C)NC)[C@H]12. The monoisotopic (exact) mass is 893 g/mol. The van der Waals surface area contributed by atoms with Crippen molar-refractivity contribution in [2.24, 2.45) is 11.8 Å². The number of sulfonamides is 2. The molecule has 0 aliphatic carbocycles. The predicted octanol–water partition coefficient (Wildman–Crippen LogP) is -0.928. The number of para-hydroxylation sites is 1. The number of nitrogens with one attached hydrogen (secondary N) is 5. The Morgan fingerprint density at radius 2 is 1.11 bits per heavy atom. The molecule has 0 spiro atoms. The van der Waals surface area contributed by atoms with Gasteiger partial charge in [0.1, 0.15) is 17.9 Å². The third kappa shape index (κ3) is 10.8. The molecule has 5 amide bonds. The van der Waals surface area contributed by atoms with Crippen LogP contribution in [0.4, 0.5) is 5.69 Å². The van der Waals surface area contributed by atoms with Gasteiger partial charge in [0.05, 0.1) is 48.5 Å². The van der Waals surface area contributed by atoms with Gasteiger partial charge in [-0.25, -0.2) is 16.8 Å². The van der Waals surface area contributed by atoms with Gasteiger partial charge in [-0.3, -0.25) is 28.8 Å². The first kappa shape index (κ1) is 48.0. The molecule has 0 bridgehead atoms. The van der Waals surface area contributed by atoms with Crippen LogP contribution in [0.1, 0.15) is 65.7 Å². The fourth-order valence-corrected chi connectivity index (χ4v) is 11.7. The zero-order chi connectivity index (χ0) is 45.0. The topological polar surface area (TPSA) is 244 Å². The van der Waals surface area contributed by atoms with Crippen LogP contribution in [0.5, 0.6) is 0 Å². The van der Waals surface area contributed by atoms with Crippen LogP contribution >= 0.6 is 0 Å². The molecule has 4 fully saturated rings. The van der Waals surface area contributed by atoms with Crippen LogP contribution in [-0.2, 0) is 48.8 Å². The number of carbonyl (C=O) groups excluding carboxylic acids is 6. The van der Waals surface area contributed by atoms with Crippen LogP contribution < -0.4 is 26.6 Å². The first-order chi connectivity index (χ1) is 28.7. The summed E-state index contributed by atoms with van der Waals surface area (Å²) in [6.07, 6.45) is 3.87. The van der Waals surface area contributed by atoms with E-state index in [1.165, 1.54) is 13.5 Å². The Balaban J connectivity index is 1.35. The number of hydrogen-bond acceptors (Lipinski definition) is 12. The highest BCUT2D eigenvalue weighted by molar-refractivity contribution is 7.88. The van der Waals surface area contributed by atoms with Crippen LogP contribution in [0.25, 0.3) is 0 Å². The number of fused-ring (bicyclic) bond motifs is 2. The van der Waals surface area contributed by atoms with E-state index >= 15 is 0 Å². The molecular formula is C40H63N9O10S2. The van der Waals surface area contributed by atoms with E-state index in [9.17, 15) is 45.6 Å². The van der Waals surface area contributed by atoms with Crippen molar-refractivity contribution in [3.05, 3.63) is 30.3 Å². The fourth-order valence-electron chi connectivity index (χ4n) is 9.37. The zero-order valence-electron chi connectivity index (χ0n) is 36.1. The van der Waals surface area contributed by atoms with Crippen molar-refractivity contribution in [2.45, 2.75) is 114 Å². The highest BCUT2D eigenvalue weighted by atomic mass is 32.2. The molecule has 4 heterocycles. The van der Waals surface area contributed by atoms with Crippen molar-refractivity contribution < 1.29 is 45.6 Å². The lowest BCUT2D eigenvalue weighted by atomic mass is 9.93. The van der Waals surface area contributed by atoms with E-state index in [0.717, 1.165) is 12.5 Å². The molecule has 0 radical (unpaired) electrons. The Bertz CT molecular complexity index is 2020. The maximum Gasteiger partial charge on any atom is 0.245 e. The first-order valence-electron chi connectivity index (χ1n) is 21.1. The predicted molar refractivity (Wildman–Crippen MR) is 228 cm³/mol. The lowest BCUT2D eigenvalue weighted by molar-refractivity contribution is -0.140. The highest BCUT2D eigenvalue weighted by Gasteiger charge is 2.57. The second-order valence-corrected chi connectivity index (χ2v) is 20.6. The van der Waals surface area contributed by atoms with Gasteiger partial charge >= 0.3 is 0 Å². The standard InChI is InChI=1S/C40H63N9O10S2/c1-8-33(50)27-22-48(60(6,56)57)31-18-20-46(34(27)31)39(54)29(44-36(51)24(2)41-4)16-12-13-17-30(45-37(52)25(3)42-5)40(55)47-21-19-32-35(47)28(23-49(32)61(7,58)59)38(53)43-26-14-10-9-11-15-26/h9-11,14-15,24-25,27-32,34-35,41-42H,8,12-13,16-23H2,1-7H3,(H,43,53)(H,44,51)(H,45,52)/t24-,25-,27+,28-,29?,30?,31+,32+,34+,35+/m0/s1. The highest BCUT2D eigenvalue weighted by Crippen LogP contribution is 2.40. The normalized spacial score (nSPS) is 26.2. The van der Waals surface area contributed by atoms with E-state index in [4.69, 9.17) is 0 Å². The maximum absolute atomic E-state index is 14.6. The summed E-state index contributed by atoms with van der Waals surface area (Å²) >= 11 is 0. The van der Waals surface area contributed by atoms with Crippen LogP contribution in [0, 0.1) is 11.8 Å². The summed E-state index contributed by atoms with van der Waals surface area (Å²) in [6, 6.07) is 2.63. The van der Waals surface area contributed by atoms with Gasteiger partial charge in [0, 0.05) is 50.4 Å². The minimum absolute atomic E-state index is 0.0188. The van der Waals surface area contributed by atoms with E-state index < -0.39 is 110 Å². The molecule has 5 rings (SSSR count). The largest absolute Gasteiger partial charge is 0.343 e. The Hall–Kier alpha value is -4.02. The number of carbonyl (C=O) groups is 6. The number of Topliss-reactive ketones (excluding diaryl/α,β-unsaturated/α-hetero) is 1. The van der Waals surface area contributed by atoms with Gasteiger partial charge < -0.3 is 36.4 Å². The summed E-state index contributed by atoms with van der Waals surface area (Å²) in [5.41, 5.74) is 0.523. The van der Waals surface area contributed by atoms with E-state index in [1.54, 1.807) is 70.1 Å². The van der Waals surface area contributed by atoms with Crippen LogP contribution in [0.15, 0.2) is 30.3 Å². The molecule has 4 saturated heterocycles. The third-order valence-corrected chi connectivity index (χ3v) is 15.4. The van der Waals surface area contributed by atoms with Crippen LogP contribution in [0.3, 0.4) is 0 Å². The minimum Gasteiger partial charge on any atom is -0.343 e. The number of nitrogens with zero attached hydrogens (tertiary/aromatic N) is 4. The average Bonchev–Trinajstić information content (AvgIpc) is 4.01. The van der Waals surface area contributed by atoms with Crippen molar-refractivity contribution in [3.8, 4) is 0 Å². The maximum atomic E-state index is 14.6. The van der Waals surface area contributed by atoms with Gasteiger partial charge in [-0.1, -0.05) is 38.0 Å². The zero-order valence-corrected chi connectivity index (χ0v) is 37.8. The summed E-state index contributed by atoms with van der Waals surface area (Å²) in [7, 11) is -4.21. The number of ketones is 1. The van der Waals surface area contributed by atoms with Crippen molar-refractivity contribution in [3.63, 3.8) is 0 Å². The smallest absolute Gasteiger partial charge is 0.245 e. The van der Waals surface area contributed by atoms with Gasteiger partial charge in [-0.15, -0.1) is 0 Å². The molecule has 21 heteroatoms. The Kier molecular flexibility index (Phi) is 15.7. The summed E-state index contributed by atoms with van der Waals surface area (Å²) in [5.74, 6) is -3.96. The molecule has 10 atom stereocenters. The van der Waals surface area contributed by atoms with Crippen LogP contribution in [-0.4, -0.2) is 172 Å². The van der Waals surface area contributed by atoms with E-state index in [0.29, 0.717) is 31.4 Å². The lowest BCUT2D eigenvalue weighted by Crippen LogP contribution is -2.55. The van der Waals surface area contributed by atoms with Crippen molar-refractivity contribution >= 4 is 61.1 Å². The molecule has 5 N–H and O–H groups in total. The second kappa shape index (κ2) is 20.0. The van der Waals surface area contributed by atoms with Crippen molar-refractivity contribution in [1.29, 1.82) is 0 Å². The molecule has 4 aliphatic heterocycles. The van der Waals surface area contributed by atoms with Crippen molar-refractivity contribution in [2.75, 3.05) is 58.1 Å². The van der Waals surface area contributed by atoms with E-state index in [-0.39, 0.29) is 51.2 Å². The molecule has 1 aromatic carbocycles. The molecule has 61 heavy (non-hydrogen) atoms. The van der Waals surface area contributed by atoms with Crippen molar-refractivity contribution in [1.82, 2.24) is 39.7 Å². The number of likely N-dealkylation sites (N-methyl/N-ethyl adjacent to an activating group) is 2. The van der Waals surface area contributed by atoms with Gasteiger partial charge in [0.2, 0.25) is 49.6 Å². The molecule has 0 aromatic heterocycles. The molecule has 0 saturated carbocycles. The molecule has 4 aliphatic rings. The van der Waals surface area contributed by atoms with Gasteiger partial charge in [0.25, 0.3) is 0 Å². The van der Waals surface area contributed by atoms with E-state index in [2.05, 4.69) is 26.6 Å². The average molecular weight is 894 g/mol. The molecule has 340 valence electrons. The number of hydrogen-bond donors (Lipinski definition) is 5. The number of likely N-dealkylation sites (tertiary alicyclic amines) is 2. The summed E-state index contributed by atoms with van der Waals surface area (Å²) in [6.45, 7) is 5.21. The number of rotatable bonds is 19. The minimum atomic E-state index is -3.75. The summed E-state index contributed by atoms with van der Waals surface area (Å²) < 4.78 is 54.0. The number of unbranched alkanes of at least 4 members (excludes halogenated alkanes) is 1. The Morgan fingerprint density at radius 3 is 1.52 bits per heavy atom. The quantitative estimate of drug-likeness (QED) is 0.106. The van der Waals surface area contributed by atoms with Gasteiger partial charge in [-0.05, 0) is 65.8 Å². The van der Waals surface area contributed by atoms with Gasteiger partial charge in [-0.2, -0.15) is 8.61 Å². The number of benzene rings is 1. The molecule has 1 aromatic rings. The van der Waals surface area contributed by atoms with Gasteiger partial charge in [0.15, 0.2) is 0 Å². The summed E-state index contributed by atoms with van der Waals surface area (Å²) in [4.78, 5) is 85.5. The fraction of sp³-hybridized carbons (Fsp3) is 0.700. The Labute approximate surface area is 359 Å². The number of amides is 5. The van der Waals surface area contributed by atoms with E-state index in [1.807, 2.05) is 0 Å². The van der Waals surface area contributed by atoms with Crippen LogP contribution in [0.2, 0.25) is 0 Å². The third-order valence-electron chi connectivity index (χ3n) is 12.8. The lowest BCUT2D eigenvalue weighted by Gasteiger charge is -2.32. The first-order valence-corrected chi connectivity index (χ1v) is 24.8. The summed E-state index contributed by atoms with van der Waals surface area (Å²) in [5, 5.41) is 14.3. The number of anilines is 1. The second-order valence-electron chi connectivity index (χ2n) is 16.7. The molecule has 2 unspecified atom stereocenters. The Morgan fingerprint density at radius 1 is 0.689 bits per heavy atom. The molecular weight excluding hydrogens is 831 g/mol. The molecule has 19 nitrogen and oxygen atoms in total.